The van der Waals surface area contributed by atoms with Gasteiger partial charge in [0.1, 0.15) is 11.6 Å². The third-order valence-electron chi connectivity index (χ3n) is 13.0. The molecule has 1 aliphatic heterocycles. The van der Waals surface area contributed by atoms with Crippen LogP contribution in [-0.2, 0) is 25.7 Å². The van der Waals surface area contributed by atoms with E-state index in [4.69, 9.17) is 9.97 Å². The highest BCUT2D eigenvalue weighted by molar-refractivity contribution is 5.84. The summed E-state index contributed by atoms with van der Waals surface area (Å²) in [7, 11) is 0. The van der Waals surface area contributed by atoms with Crippen molar-refractivity contribution in [3.8, 4) is 22.3 Å². The zero-order valence-corrected chi connectivity index (χ0v) is 27.7. The first-order valence-corrected chi connectivity index (χ1v) is 18.5. The molecule has 2 spiro atoms. The minimum absolute atomic E-state index is 0.356. The predicted molar refractivity (Wildman–Crippen MR) is 193 cm³/mol. The summed E-state index contributed by atoms with van der Waals surface area (Å²) in [6.07, 6.45) is 14.9. The number of aromatic amines is 2. The second-order valence-corrected chi connectivity index (χ2v) is 16.3. The molecule has 1 unspecified atom stereocenters. The number of nitrogens with one attached hydrogen (secondary N) is 3. The SMILES string of the molecule is c1cc2c(-c3ccc4nc(C5CC6(CC6)CN5)[nH]c4c3)cc1CCc1ccc(cc1-c1ccc3nc([C@H]4CCC5(CC5)C4)[nH]c3c1)CC2. The second kappa shape index (κ2) is 10.1. The molecule has 0 radical (unpaired) electrons. The first kappa shape index (κ1) is 27.7. The summed E-state index contributed by atoms with van der Waals surface area (Å²) in [5.41, 5.74) is 16.7. The zero-order chi connectivity index (χ0) is 31.5. The average Bonchev–Trinajstić information content (AvgIpc) is 3.72. The van der Waals surface area contributed by atoms with Gasteiger partial charge in [-0.1, -0.05) is 48.5 Å². The number of aromatic nitrogens is 4. The van der Waals surface area contributed by atoms with E-state index in [1.807, 2.05) is 0 Å². The van der Waals surface area contributed by atoms with Crippen LogP contribution in [0.1, 0.15) is 97.2 Å². The molecule has 4 bridgehead atoms. The number of hydrogen-bond donors (Lipinski definition) is 3. The van der Waals surface area contributed by atoms with Crippen molar-refractivity contribution < 1.29 is 0 Å². The first-order chi connectivity index (χ1) is 23.6. The van der Waals surface area contributed by atoms with Gasteiger partial charge in [-0.3, -0.25) is 0 Å². The lowest BCUT2D eigenvalue weighted by molar-refractivity contribution is 0.520. The molecule has 0 amide bonds. The maximum absolute atomic E-state index is 5.08. The van der Waals surface area contributed by atoms with Crippen molar-refractivity contribution >= 4 is 22.1 Å². The molecular formula is C43H43N5. The van der Waals surface area contributed by atoms with Gasteiger partial charge in [-0.05, 0) is 157 Å². The summed E-state index contributed by atoms with van der Waals surface area (Å²) in [6.45, 7) is 1.14. The van der Waals surface area contributed by atoms with Crippen molar-refractivity contribution in [2.45, 2.75) is 89.0 Å². The van der Waals surface area contributed by atoms with Crippen LogP contribution in [0.3, 0.4) is 0 Å². The van der Waals surface area contributed by atoms with Crippen LogP contribution in [0.5, 0.6) is 0 Å². The molecule has 3 saturated carbocycles. The quantitative estimate of drug-likeness (QED) is 0.182. The van der Waals surface area contributed by atoms with Crippen molar-refractivity contribution in [3.63, 3.8) is 0 Å². The van der Waals surface area contributed by atoms with Gasteiger partial charge < -0.3 is 15.3 Å². The largest absolute Gasteiger partial charge is 0.342 e. The maximum Gasteiger partial charge on any atom is 0.124 e. The lowest BCUT2D eigenvalue weighted by Gasteiger charge is -2.17. The molecule has 14 rings (SSSR count). The van der Waals surface area contributed by atoms with Gasteiger partial charge in [0, 0.05) is 12.5 Å². The summed E-state index contributed by atoms with van der Waals surface area (Å²) in [5.74, 6) is 2.92. The summed E-state index contributed by atoms with van der Waals surface area (Å²) >= 11 is 0. The molecule has 2 atom stereocenters. The van der Waals surface area contributed by atoms with Gasteiger partial charge in [0.25, 0.3) is 0 Å². The van der Waals surface area contributed by atoms with Crippen LogP contribution < -0.4 is 5.32 Å². The molecule has 240 valence electrons. The number of fused-ring (bicyclic) bond motifs is 2. The van der Waals surface area contributed by atoms with Crippen LogP contribution in [0.2, 0.25) is 0 Å². The lowest BCUT2D eigenvalue weighted by Crippen LogP contribution is -2.14. The summed E-state index contributed by atoms with van der Waals surface area (Å²) < 4.78 is 0. The Kier molecular flexibility index (Phi) is 5.86. The van der Waals surface area contributed by atoms with E-state index in [1.54, 1.807) is 0 Å². The number of hydrogen-bond acceptors (Lipinski definition) is 3. The van der Waals surface area contributed by atoms with E-state index in [-0.39, 0.29) is 0 Å². The van der Waals surface area contributed by atoms with E-state index >= 15 is 0 Å². The number of rotatable bonds is 4. The van der Waals surface area contributed by atoms with Crippen LogP contribution in [0.4, 0.5) is 0 Å². The molecule has 3 N–H and O–H groups in total. The molecule has 8 aliphatic rings. The van der Waals surface area contributed by atoms with Crippen LogP contribution >= 0.6 is 0 Å². The van der Waals surface area contributed by atoms with Crippen molar-refractivity contribution in [1.82, 2.24) is 25.3 Å². The minimum Gasteiger partial charge on any atom is -0.342 e. The fourth-order valence-corrected chi connectivity index (χ4v) is 9.58. The number of H-pyrrole nitrogens is 2. The van der Waals surface area contributed by atoms with Crippen LogP contribution in [0.15, 0.2) is 72.8 Å². The zero-order valence-electron chi connectivity index (χ0n) is 27.7. The Morgan fingerprint density at radius 2 is 1.17 bits per heavy atom. The molecule has 4 aromatic carbocycles. The van der Waals surface area contributed by atoms with Gasteiger partial charge in [0.2, 0.25) is 0 Å². The minimum atomic E-state index is 0.356. The Morgan fingerprint density at radius 1 is 0.562 bits per heavy atom. The van der Waals surface area contributed by atoms with Gasteiger partial charge >= 0.3 is 0 Å². The third kappa shape index (κ3) is 4.69. The molecule has 1 saturated heterocycles. The highest BCUT2D eigenvalue weighted by Gasteiger charge is 2.50. The summed E-state index contributed by atoms with van der Waals surface area (Å²) in [6, 6.07) is 28.5. The van der Waals surface area contributed by atoms with Gasteiger partial charge in [-0.15, -0.1) is 0 Å². The van der Waals surface area contributed by atoms with E-state index in [0.717, 1.165) is 54.6 Å². The maximum atomic E-state index is 5.08. The molecule has 48 heavy (non-hydrogen) atoms. The van der Waals surface area contributed by atoms with Crippen molar-refractivity contribution in [3.05, 3.63) is 107 Å². The summed E-state index contributed by atoms with van der Waals surface area (Å²) in [4.78, 5) is 17.6. The topological polar surface area (TPSA) is 69.4 Å². The molecule has 5 nitrogen and oxygen atoms in total. The Bertz CT molecular complexity index is 2090. The van der Waals surface area contributed by atoms with E-state index in [9.17, 15) is 0 Å². The second-order valence-electron chi connectivity index (χ2n) is 16.3. The molecular weight excluding hydrogens is 587 g/mol. The predicted octanol–water partition coefficient (Wildman–Crippen LogP) is 9.52. The number of nitrogens with zero attached hydrogens (tertiary/aromatic N) is 2. The molecule has 7 aliphatic carbocycles. The number of aryl methyl sites for hydroxylation is 4. The Balaban J connectivity index is 0.887. The number of imidazole rings is 2. The average molecular weight is 630 g/mol. The molecule has 4 fully saturated rings. The number of benzene rings is 4. The molecule has 2 aromatic heterocycles. The highest BCUT2D eigenvalue weighted by Crippen LogP contribution is 2.61. The van der Waals surface area contributed by atoms with Crippen LogP contribution in [0.25, 0.3) is 44.3 Å². The molecule has 6 aromatic rings. The van der Waals surface area contributed by atoms with Crippen LogP contribution in [-0.4, -0.2) is 26.5 Å². The van der Waals surface area contributed by atoms with Crippen molar-refractivity contribution in [2.75, 3.05) is 6.54 Å². The third-order valence-corrected chi connectivity index (χ3v) is 13.0. The van der Waals surface area contributed by atoms with Crippen LogP contribution in [0, 0.1) is 10.8 Å². The fourth-order valence-electron chi connectivity index (χ4n) is 9.58. The normalized spacial score (nSPS) is 23.4. The molecule has 5 heteroatoms. The Hall–Kier alpha value is -4.22. The monoisotopic (exact) mass is 629 g/mol. The highest BCUT2D eigenvalue weighted by atomic mass is 15.1. The van der Waals surface area contributed by atoms with E-state index < -0.39 is 0 Å². The van der Waals surface area contributed by atoms with Crippen molar-refractivity contribution in [1.29, 1.82) is 0 Å². The Morgan fingerprint density at radius 3 is 1.75 bits per heavy atom. The first-order valence-electron chi connectivity index (χ1n) is 18.5. The van der Waals surface area contributed by atoms with E-state index in [1.165, 1.54) is 107 Å². The van der Waals surface area contributed by atoms with Gasteiger partial charge in [0.15, 0.2) is 0 Å². The fraction of sp³-hybridized carbons (Fsp3) is 0.395. The summed E-state index contributed by atoms with van der Waals surface area (Å²) in [5, 5.41) is 3.74. The Labute approximate surface area is 282 Å². The standard InChI is InChI=1S/C43H43N5/c1-5-28-6-2-27-4-8-29(34(20-27)31-10-12-36-38(22-31)48-41(46-36)39-24-43(17-18-43)25-44-39)7-3-26(1)19-33(28)30-9-11-35-37(21-30)47-40(45-35)32-13-14-42(23-32)15-16-42/h1,4-5,8-12,19-22,32,39,44H,2-3,6-7,13-18,23-25H2,(H,45,47)(H,46,48)/t32-,39?/m0/s1. The molecule has 3 heterocycles. The van der Waals surface area contributed by atoms with E-state index in [0.29, 0.717) is 22.8 Å². The van der Waals surface area contributed by atoms with Gasteiger partial charge in [-0.2, -0.15) is 0 Å². The van der Waals surface area contributed by atoms with Gasteiger partial charge in [0.05, 0.1) is 28.1 Å². The lowest BCUT2D eigenvalue weighted by atomic mass is 9.87. The van der Waals surface area contributed by atoms with Crippen molar-refractivity contribution in [2.24, 2.45) is 10.8 Å². The smallest absolute Gasteiger partial charge is 0.124 e. The van der Waals surface area contributed by atoms with Gasteiger partial charge in [-0.25, -0.2) is 9.97 Å². The van der Waals surface area contributed by atoms with E-state index in [2.05, 4.69) is 88.1 Å².